The summed E-state index contributed by atoms with van der Waals surface area (Å²) in [4.78, 5) is 18.8. The maximum atomic E-state index is 12.4. The van der Waals surface area contributed by atoms with Crippen LogP contribution < -0.4 is 16.2 Å². The molecule has 0 aromatic carbocycles. The van der Waals surface area contributed by atoms with Gasteiger partial charge in [0.15, 0.2) is 5.82 Å². The van der Waals surface area contributed by atoms with Gasteiger partial charge in [0.25, 0.3) is 5.56 Å². The summed E-state index contributed by atoms with van der Waals surface area (Å²) >= 11 is 0. The van der Waals surface area contributed by atoms with Gasteiger partial charge in [-0.1, -0.05) is 6.92 Å². The molecule has 0 atom stereocenters. The van der Waals surface area contributed by atoms with Gasteiger partial charge >= 0.3 is 0 Å². The minimum Gasteiger partial charge on any atom is -0.352 e. The molecule has 1 aliphatic heterocycles. The van der Waals surface area contributed by atoms with Gasteiger partial charge in [0, 0.05) is 31.5 Å². The minimum absolute atomic E-state index is 0.0707. The molecule has 1 saturated carbocycles. The van der Waals surface area contributed by atoms with Crippen LogP contribution in [0.1, 0.15) is 38.6 Å². The lowest BCUT2D eigenvalue weighted by molar-refractivity contribution is 0.257. The van der Waals surface area contributed by atoms with Crippen LogP contribution in [0.3, 0.4) is 0 Å². The number of piperidine rings is 1. The predicted molar refractivity (Wildman–Crippen MR) is 75.4 cm³/mol. The standard InChI is InChI=1S/C14H22N4O/c1-14(10-15)4-7-17(8-5-14)12-13(19)18(9-6-16-12)11-2-3-11/h6,9,11H,2-5,7-8,10,15H2,1H3. The second kappa shape index (κ2) is 4.63. The van der Waals surface area contributed by atoms with Gasteiger partial charge in [-0.25, -0.2) is 4.98 Å². The van der Waals surface area contributed by atoms with Gasteiger partial charge in [-0.15, -0.1) is 0 Å². The highest BCUT2D eigenvalue weighted by atomic mass is 16.1. The number of anilines is 1. The topological polar surface area (TPSA) is 64.2 Å². The van der Waals surface area contributed by atoms with E-state index in [1.54, 1.807) is 6.20 Å². The fourth-order valence-corrected chi connectivity index (χ4v) is 2.73. The third kappa shape index (κ3) is 2.39. The normalized spacial score (nSPS) is 22.5. The predicted octanol–water partition coefficient (Wildman–Crippen LogP) is 1.14. The van der Waals surface area contributed by atoms with E-state index in [0.717, 1.165) is 45.3 Å². The van der Waals surface area contributed by atoms with E-state index < -0.39 is 0 Å². The Morgan fingerprint density at radius 1 is 1.42 bits per heavy atom. The number of rotatable bonds is 3. The lowest BCUT2D eigenvalue weighted by atomic mass is 9.80. The van der Waals surface area contributed by atoms with Crippen molar-refractivity contribution in [2.75, 3.05) is 24.5 Å². The fourth-order valence-electron chi connectivity index (χ4n) is 2.73. The second-order valence-electron chi connectivity index (χ2n) is 6.20. The molecule has 2 N–H and O–H groups in total. The van der Waals surface area contributed by atoms with Crippen LogP contribution in [0.5, 0.6) is 0 Å². The first kappa shape index (κ1) is 12.7. The lowest BCUT2D eigenvalue weighted by Gasteiger charge is -2.38. The smallest absolute Gasteiger partial charge is 0.293 e. The van der Waals surface area contributed by atoms with E-state index in [2.05, 4.69) is 16.8 Å². The summed E-state index contributed by atoms with van der Waals surface area (Å²) in [7, 11) is 0. The van der Waals surface area contributed by atoms with Crippen LogP contribution in [-0.4, -0.2) is 29.2 Å². The largest absolute Gasteiger partial charge is 0.352 e. The van der Waals surface area contributed by atoms with Gasteiger partial charge in [0.05, 0.1) is 0 Å². The molecule has 5 heteroatoms. The van der Waals surface area contributed by atoms with Crippen molar-refractivity contribution in [1.29, 1.82) is 0 Å². The number of hydrogen-bond acceptors (Lipinski definition) is 4. The van der Waals surface area contributed by atoms with Crippen LogP contribution in [0.2, 0.25) is 0 Å². The van der Waals surface area contributed by atoms with Crippen molar-refractivity contribution in [3.8, 4) is 0 Å². The molecule has 2 fully saturated rings. The molecule has 0 radical (unpaired) electrons. The first-order valence-corrected chi connectivity index (χ1v) is 7.15. The molecule has 3 rings (SSSR count). The highest BCUT2D eigenvalue weighted by Crippen LogP contribution is 2.34. The molecular weight excluding hydrogens is 240 g/mol. The summed E-state index contributed by atoms with van der Waals surface area (Å²) in [5, 5.41) is 0. The summed E-state index contributed by atoms with van der Waals surface area (Å²) in [5.74, 6) is 0.619. The monoisotopic (exact) mass is 262 g/mol. The van der Waals surface area contributed by atoms with Gasteiger partial charge in [-0.05, 0) is 37.6 Å². The Balaban J connectivity index is 1.80. The zero-order valence-corrected chi connectivity index (χ0v) is 11.5. The maximum Gasteiger partial charge on any atom is 0.293 e. The van der Waals surface area contributed by atoms with Crippen LogP contribution in [0.4, 0.5) is 5.82 Å². The van der Waals surface area contributed by atoms with E-state index >= 15 is 0 Å². The molecule has 1 aromatic heterocycles. The number of nitrogens with two attached hydrogens (primary N) is 1. The van der Waals surface area contributed by atoms with E-state index in [-0.39, 0.29) is 11.0 Å². The molecule has 0 bridgehead atoms. The molecular formula is C14H22N4O. The molecule has 2 aliphatic rings. The van der Waals surface area contributed by atoms with Gasteiger partial charge in [0.2, 0.25) is 0 Å². The number of hydrogen-bond donors (Lipinski definition) is 1. The van der Waals surface area contributed by atoms with Crippen molar-refractivity contribution < 1.29 is 0 Å². The van der Waals surface area contributed by atoms with Crippen molar-refractivity contribution >= 4 is 5.82 Å². The second-order valence-corrected chi connectivity index (χ2v) is 6.20. The summed E-state index contributed by atoms with van der Waals surface area (Å²) < 4.78 is 1.85. The van der Waals surface area contributed by atoms with Crippen molar-refractivity contribution in [2.45, 2.75) is 38.6 Å². The third-order valence-corrected chi connectivity index (χ3v) is 4.55. The molecule has 5 nitrogen and oxygen atoms in total. The minimum atomic E-state index is 0.0707. The van der Waals surface area contributed by atoms with E-state index in [1.165, 1.54) is 0 Å². The van der Waals surface area contributed by atoms with Crippen LogP contribution in [-0.2, 0) is 0 Å². The molecule has 1 aromatic rings. The Labute approximate surface area is 113 Å². The Morgan fingerprint density at radius 2 is 2.11 bits per heavy atom. The van der Waals surface area contributed by atoms with E-state index in [1.807, 2.05) is 10.8 Å². The van der Waals surface area contributed by atoms with E-state index in [9.17, 15) is 4.79 Å². The Hall–Kier alpha value is -1.36. The van der Waals surface area contributed by atoms with E-state index in [4.69, 9.17) is 5.73 Å². The first-order valence-electron chi connectivity index (χ1n) is 7.15. The zero-order valence-electron chi connectivity index (χ0n) is 11.5. The first-order chi connectivity index (χ1) is 9.13. The molecule has 104 valence electrons. The van der Waals surface area contributed by atoms with Gasteiger partial charge in [0.1, 0.15) is 0 Å². The van der Waals surface area contributed by atoms with Crippen LogP contribution in [0, 0.1) is 5.41 Å². The van der Waals surface area contributed by atoms with Crippen molar-refractivity contribution in [3.05, 3.63) is 22.7 Å². The highest BCUT2D eigenvalue weighted by Gasteiger charge is 2.31. The van der Waals surface area contributed by atoms with Gasteiger partial charge in [-0.3, -0.25) is 4.79 Å². The van der Waals surface area contributed by atoms with Gasteiger partial charge < -0.3 is 15.2 Å². The average molecular weight is 262 g/mol. The SMILES string of the molecule is CC1(CN)CCN(c2nccn(C3CC3)c2=O)CC1. The van der Waals surface area contributed by atoms with Crippen molar-refractivity contribution in [2.24, 2.45) is 11.1 Å². The number of aromatic nitrogens is 2. The van der Waals surface area contributed by atoms with Crippen molar-refractivity contribution in [3.63, 3.8) is 0 Å². The quantitative estimate of drug-likeness (QED) is 0.887. The highest BCUT2D eigenvalue weighted by molar-refractivity contribution is 5.36. The zero-order chi connectivity index (χ0) is 13.5. The number of nitrogens with zero attached hydrogens (tertiary/aromatic N) is 3. The summed E-state index contributed by atoms with van der Waals surface area (Å²) in [6, 6.07) is 0.411. The fraction of sp³-hybridized carbons (Fsp3) is 0.714. The average Bonchev–Trinajstić information content (AvgIpc) is 3.25. The van der Waals surface area contributed by atoms with Crippen LogP contribution >= 0.6 is 0 Å². The Bertz CT molecular complexity index is 512. The summed E-state index contributed by atoms with van der Waals surface area (Å²) in [5.41, 5.74) is 6.12. The third-order valence-electron chi connectivity index (χ3n) is 4.55. The molecule has 0 spiro atoms. The van der Waals surface area contributed by atoms with Crippen molar-refractivity contribution in [1.82, 2.24) is 9.55 Å². The Morgan fingerprint density at radius 3 is 2.68 bits per heavy atom. The van der Waals surface area contributed by atoms with Gasteiger partial charge in [-0.2, -0.15) is 0 Å². The maximum absolute atomic E-state index is 12.4. The van der Waals surface area contributed by atoms with E-state index in [0.29, 0.717) is 11.9 Å². The molecule has 0 amide bonds. The Kier molecular flexibility index (Phi) is 3.09. The molecule has 19 heavy (non-hydrogen) atoms. The molecule has 0 unspecified atom stereocenters. The van der Waals surface area contributed by atoms with Crippen LogP contribution in [0.25, 0.3) is 0 Å². The lowest BCUT2D eigenvalue weighted by Crippen LogP contribution is -2.44. The summed E-state index contributed by atoms with van der Waals surface area (Å²) in [6.45, 7) is 4.70. The molecule has 2 heterocycles. The van der Waals surface area contributed by atoms with Crippen LogP contribution in [0.15, 0.2) is 17.2 Å². The summed E-state index contributed by atoms with van der Waals surface area (Å²) in [6.07, 6.45) is 7.87. The molecule has 1 aliphatic carbocycles. The molecule has 1 saturated heterocycles.